The molecule has 5 nitrogen and oxygen atoms in total. The topological polar surface area (TPSA) is 66.8 Å². The minimum Gasteiger partial charge on any atom is -0.480 e. The van der Waals surface area contributed by atoms with E-state index in [4.69, 9.17) is 4.74 Å². The summed E-state index contributed by atoms with van der Waals surface area (Å²) in [6, 6.07) is 8.50. The van der Waals surface area contributed by atoms with Crippen molar-refractivity contribution in [3.8, 4) is 0 Å². The zero-order valence-electron chi connectivity index (χ0n) is 9.91. The molecule has 1 N–H and O–H groups in total. The third kappa shape index (κ3) is 2.87. The maximum Gasteiger partial charge on any atom is 0.326 e. The van der Waals surface area contributed by atoms with E-state index >= 15 is 0 Å². The van der Waals surface area contributed by atoms with Crippen molar-refractivity contribution in [2.24, 2.45) is 0 Å². The fourth-order valence-electron chi connectivity index (χ4n) is 2.03. The summed E-state index contributed by atoms with van der Waals surface area (Å²) < 4.78 is 5.01. The van der Waals surface area contributed by atoms with Crippen LogP contribution in [-0.2, 0) is 20.7 Å². The molecule has 0 bridgehead atoms. The van der Waals surface area contributed by atoms with Crippen LogP contribution in [0, 0.1) is 0 Å². The van der Waals surface area contributed by atoms with Crippen LogP contribution >= 0.6 is 0 Å². The third-order valence-electron chi connectivity index (χ3n) is 2.96. The molecular formula is C13H15NO4. The summed E-state index contributed by atoms with van der Waals surface area (Å²) in [7, 11) is 0. The Morgan fingerprint density at radius 1 is 1.39 bits per heavy atom. The molecular weight excluding hydrogens is 234 g/mol. The zero-order valence-corrected chi connectivity index (χ0v) is 9.91. The first-order valence-corrected chi connectivity index (χ1v) is 5.82. The van der Waals surface area contributed by atoms with E-state index in [0.29, 0.717) is 19.6 Å². The number of rotatable bonds is 4. The lowest BCUT2D eigenvalue weighted by molar-refractivity contribution is -0.157. The molecule has 1 aromatic carbocycles. The Kier molecular flexibility index (Phi) is 3.94. The van der Waals surface area contributed by atoms with Crippen LogP contribution < -0.4 is 0 Å². The van der Waals surface area contributed by atoms with Crippen molar-refractivity contribution in [3.63, 3.8) is 0 Å². The van der Waals surface area contributed by atoms with Crippen molar-refractivity contribution in [1.29, 1.82) is 0 Å². The molecule has 1 atom stereocenters. The first kappa shape index (κ1) is 12.6. The van der Waals surface area contributed by atoms with E-state index in [9.17, 15) is 14.7 Å². The van der Waals surface area contributed by atoms with Gasteiger partial charge in [0.1, 0.15) is 12.6 Å². The molecule has 0 spiro atoms. The molecule has 18 heavy (non-hydrogen) atoms. The first-order chi connectivity index (χ1) is 8.68. The van der Waals surface area contributed by atoms with Crippen LogP contribution in [0.2, 0.25) is 0 Å². The molecule has 1 heterocycles. The maximum atomic E-state index is 11.7. The highest BCUT2D eigenvalue weighted by Gasteiger charge is 2.31. The third-order valence-corrected chi connectivity index (χ3v) is 2.96. The number of aliphatic carboxylic acids is 1. The van der Waals surface area contributed by atoms with Crippen molar-refractivity contribution >= 4 is 11.9 Å². The first-order valence-electron chi connectivity index (χ1n) is 5.82. The molecule has 0 radical (unpaired) electrons. The number of ether oxygens (including phenoxy) is 1. The van der Waals surface area contributed by atoms with Gasteiger partial charge < -0.3 is 14.7 Å². The van der Waals surface area contributed by atoms with Crippen LogP contribution in [-0.4, -0.2) is 47.7 Å². The molecule has 1 fully saturated rings. The largest absolute Gasteiger partial charge is 0.480 e. The van der Waals surface area contributed by atoms with Gasteiger partial charge in [-0.05, 0) is 5.56 Å². The van der Waals surface area contributed by atoms with E-state index in [1.54, 1.807) is 0 Å². The molecule has 1 aromatic rings. The van der Waals surface area contributed by atoms with Gasteiger partial charge in [-0.15, -0.1) is 0 Å². The predicted octanol–water partition coefficient (Wildman–Crippen LogP) is 0.541. The van der Waals surface area contributed by atoms with Gasteiger partial charge in [0.25, 0.3) is 0 Å². The SMILES string of the molecule is O=C(O)C(Cc1ccccc1)N1CCOCC1=O. The quantitative estimate of drug-likeness (QED) is 0.845. The van der Waals surface area contributed by atoms with Gasteiger partial charge in [-0.3, -0.25) is 4.79 Å². The van der Waals surface area contributed by atoms with E-state index in [-0.39, 0.29) is 12.5 Å². The summed E-state index contributed by atoms with van der Waals surface area (Å²) >= 11 is 0. The number of benzene rings is 1. The van der Waals surface area contributed by atoms with Crippen LogP contribution in [0.4, 0.5) is 0 Å². The van der Waals surface area contributed by atoms with Gasteiger partial charge in [0.2, 0.25) is 5.91 Å². The minimum absolute atomic E-state index is 0.0292. The van der Waals surface area contributed by atoms with Gasteiger partial charge in [0.15, 0.2) is 0 Å². The fraction of sp³-hybridized carbons (Fsp3) is 0.385. The van der Waals surface area contributed by atoms with Crippen LogP contribution in [0.15, 0.2) is 30.3 Å². The standard InChI is InChI=1S/C13H15NO4/c15-12-9-18-7-6-14(12)11(13(16)17)8-10-4-2-1-3-5-10/h1-5,11H,6-9H2,(H,16,17). The van der Waals surface area contributed by atoms with Crippen molar-refractivity contribution in [1.82, 2.24) is 4.90 Å². The van der Waals surface area contributed by atoms with Gasteiger partial charge in [0, 0.05) is 13.0 Å². The van der Waals surface area contributed by atoms with Gasteiger partial charge in [-0.2, -0.15) is 0 Å². The van der Waals surface area contributed by atoms with E-state index in [1.807, 2.05) is 30.3 Å². The Morgan fingerprint density at radius 3 is 2.72 bits per heavy atom. The van der Waals surface area contributed by atoms with E-state index in [1.165, 1.54) is 4.90 Å². The molecule has 2 rings (SSSR count). The summed E-state index contributed by atoms with van der Waals surface area (Å²) in [5.41, 5.74) is 0.907. The second-order valence-electron chi connectivity index (χ2n) is 4.18. The Morgan fingerprint density at radius 2 is 2.11 bits per heavy atom. The fourth-order valence-corrected chi connectivity index (χ4v) is 2.03. The average molecular weight is 249 g/mol. The number of nitrogens with zero attached hydrogens (tertiary/aromatic N) is 1. The number of morpholine rings is 1. The Balaban J connectivity index is 2.13. The predicted molar refractivity (Wildman–Crippen MR) is 64.1 cm³/mol. The summed E-state index contributed by atoms with van der Waals surface area (Å²) in [5, 5.41) is 9.27. The van der Waals surface area contributed by atoms with Crippen LogP contribution in [0.5, 0.6) is 0 Å². The van der Waals surface area contributed by atoms with Crippen molar-refractivity contribution < 1.29 is 19.4 Å². The number of amides is 1. The van der Waals surface area contributed by atoms with Crippen LogP contribution in [0.3, 0.4) is 0 Å². The van der Waals surface area contributed by atoms with E-state index in [0.717, 1.165) is 5.56 Å². The van der Waals surface area contributed by atoms with Crippen molar-refractivity contribution in [3.05, 3.63) is 35.9 Å². The molecule has 1 aliphatic rings. The highest BCUT2D eigenvalue weighted by Crippen LogP contribution is 2.12. The molecule has 1 amide bonds. The summed E-state index contributed by atoms with van der Waals surface area (Å²) in [4.78, 5) is 24.4. The molecule has 0 aromatic heterocycles. The maximum absolute atomic E-state index is 11.7. The van der Waals surface area contributed by atoms with Crippen LogP contribution in [0.1, 0.15) is 5.56 Å². The molecule has 1 unspecified atom stereocenters. The Labute approximate surface area is 105 Å². The lowest BCUT2D eigenvalue weighted by Crippen LogP contribution is -2.51. The minimum atomic E-state index is -0.978. The molecule has 0 saturated carbocycles. The van der Waals surface area contributed by atoms with Crippen molar-refractivity contribution in [2.45, 2.75) is 12.5 Å². The highest BCUT2D eigenvalue weighted by atomic mass is 16.5. The summed E-state index contributed by atoms with van der Waals surface area (Å²) in [6.45, 7) is 0.700. The van der Waals surface area contributed by atoms with E-state index in [2.05, 4.69) is 0 Å². The molecule has 1 aliphatic heterocycles. The number of carbonyl (C=O) groups is 2. The molecule has 5 heteroatoms. The van der Waals surface area contributed by atoms with E-state index < -0.39 is 12.0 Å². The van der Waals surface area contributed by atoms with Gasteiger partial charge >= 0.3 is 5.97 Å². The van der Waals surface area contributed by atoms with Gasteiger partial charge in [-0.25, -0.2) is 4.79 Å². The number of hydrogen-bond acceptors (Lipinski definition) is 3. The highest BCUT2D eigenvalue weighted by molar-refractivity contribution is 5.85. The molecule has 0 aliphatic carbocycles. The smallest absolute Gasteiger partial charge is 0.326 e. The lowest BCUT2D eigenvalue weighted by Gasteiger charge is -2.32. The van der Waals surface area contributed by atoms with Gasteiger partial charge in [0.05, 0.1) is 6.61 Å². The Hall–Kier alpha value is -1.88. The molecule has 1 saturated heterocycles. The monoisotopic (exact) mass is 249 g/mol. The summed E-state index contributed by atoms with van der Waals surface area (Å²) in [5.74, 6) is -1.24. The normalized spacial score (nSPS) is 17.6. The summed E-state index contributed by atoms with van der Waals surface area (Å²) in [6.07, 6.45) is 0.321. The lowest BCUT2D eigenvalue weighted by atomic mass is 10.0. The van der Waals surface area contributed by atoms with Crippen molar-refractivity contribution in [2.75, 3.05) is 19.8 Å². The zero-order chi connectivity index (χ0) is 13.0. The number of carbonyl (C=O) groups excluding carboxylic acids is 1. The number of hydrogen-bond donors (Lipinski definition) is 1. The average Bonchev–Trinajstić information content (AvgIpc) is 2.38. The molecule has 96 valence electrons. The number of carboxylic acid groups (broad SMARTS) is 1. The Bertz CT molecular complexity index is 432. The number of carboxylic acids is 1. The van der Waals surface area contributed by atoms with Gasteiger partial charge in [-0.1, -0.05) is 30.3 Å². The van der Waals surface area contributed by atoms with Crippen LogP contribution in [0.25, 0.3) is 0 Å². The second-order valence-corrected chi connectivity index (χ2v) is 4.18. The second kappa shape index (κ2) is 5.64.